The van der Waals surface area contributed by atoms with E-state index in [0.29, 0.717) is 6.42 Å². The van der Waals surface area contributed by atoms with Crippen molar-refractivity contribution >= 4 is 0 Å². The Morgan fingerprint density at radius 1 is 1.31 bits per heavy atom. The van der Waals surface area contributed by atoms with Gasteiger partial charge in [0, 0.05) is 0 Å². The lowest BCUT2D eigenvalue weighted by molar-refractivity contribution is 0.181. The summed E-state index contributed by atoms with van der Waals surface area (Å²) in [4.78, 5) is 0. The van der Waals surface area contributed by atoms with Crippen LogP contribution in [0.25, 0.3) is 0 Å². The Morgan fingerprint density at radius 3 is 2.46 bits per heavy atom. The molecule has 0 aromatic heterocycles. The van der Waals surface area contributed by atoms with E-state index in [4.69, 9.17) is 0 Å². The lowest BCUT2D eigenvalue weighted by Gasteiger charge is -2.07. The Labute approximate surface area is 79.7 Å². The monoisotopic (exact) mass is 176 g/mol. The minimum Gasteiger partial charge on any atom is -0.388 e. The standard InChI is InChI=1S/C12H16O/c1-3-4-5-12(13)11-8-6-10(2)7-9-11/h3-4,6-9,12-13H,5H2,1-2H3. The molecule has 0 aliphatic rings. The van der Waals surface area contributed by atoms with E-state index in [2.05, 4.69) is 0 Å². The molecule has 0 fully saturated rings. The third-order valence-corrected chi connectivity index (χ3v) is 2.06. The fourth-order valence-corrected chi connectivity index (χ4v) is 1.19. The second kappa shape index (κ2) is 4.83. The van der Waals surface area contributed by atoms with Crippen LogP contribution in [0.3, 0.4) is 0 Å². The van der Waals surface area contributed by atoms with E-state index in [1.54, 1.807) is 0 Å². The van der Waals surface area contributed by atoms with Crippen LogP contribution in [0.2, 0.25) is 0 Å². The van der Waals surface area contributed by atoms with E-state index < -0.39 is 0 Å². The molecule has 1 N–H and O–H groups in total. The van der Waals surface area contributed by atoms with Gasteiger partial charge in [-0.2, -0.15) is 0 Å². The molecule has 1 aromatic rings. The smallest absolute Gasteiger partial charge is 0.0824 e. The molecule has 0 radical (unpaired) electrons. The van der Waals surface area contributed by atoms with Crippen LogP contribution in [-0.2, 0) is 0 Å². The SMILES string of the molecule is CC=CCC(O)c1ccc(C)cc1. The van der Waals surface area contributed by atoms with Crippen molar-refractivity contribution in [3.8, 4) is 0 Å². The van der Waals surface area contributed by atoms with Crippen molar-refractivity contribution < 1.29 is 5.11 Å². The first-order chi connectivity index (χ1) is 6.24. The normalized spacial score (nSPS) is 13.5. The van der Waals surface area contributed by atoms with Gasteiger partial charge in [-0.1, -0.05) is 42.0 Å². The molecule has 0 saturated heterocycles. The Hall–Kier alpha value is -1.08. The summed E-state index contributed by atoms with van der Waals surface area (Å²) in [6.45, 7) is 4.00. The fraction of sp³-hybridized carbons (Fsp3) is 0.333. The zero-order valence-corrected chi connectivity index (χ0v) is 8.20. The van der Waals surface area contributed by atoms with E-state index in [0.717, 1.165) is 5.56 Å². The topological polar surface area (TPSA) is 20.2 Å². The average Bonchev–Trinajstić information content (AvgIpc) is 2.15. The maximum atomic E-state index is 9.69. The van der Waals surface area contributed by atoms with Crippen LogP contribution in [0.5, 0.6) is 0 Å². The molecular weight excluding hydrogens is 160 g/mol. The molecule has 13 heavy (non-hydrogen) atoms. The van der Waals surface area contributed by atoms with Gasteiger partial charge in [-0.25, -0.2) is 0 Å². The summed E-state index contributed by atoms with van der Waals surface area (Å²) >= 11 is 0. The van der Waals surface area contributed by atoms with Crippen molar-refractivity contribution in [2.24, 2.45) is 0 Å². The molecule has 1 rings (SSSR count). The average molecular weight is 176 g/mol. The zero-order valence-electron chi connectivity index (χ0n) is 8.20. The van der Waals surface area contributed by atoms with Crippen molar-refractivity contribution in [3.63, 3.8) is 0 Å². The number of benzene rings is 1. The van der Waals surface area contributed by atoms with Gasteiger partial charge < -0.3 is 5.11 Å². The van der Waals surface area contributed by atoms with Crippen LogP contribution in [0, 0.1) is 6.92 Å². The van der Waals surface area contributed by atoms with Crippen molar-refractivity contribution in [2.45, 2.75) is 26.4 Å². The number of allylic oxidation sites excluding steroid dienone is 1. The number of aryl methyl sites for hydroxylation is 1. The number of aliphatic hydroxyl groups excluding tert-OH is 1. The van der Waals surface area contributed by atoms with Crippen LogP contribution in [0.1, 0.15) is 30.6 Å². The Balaban J connectivity index is 2.66. The number of aliphatic hydroxyl groups is 1. The molecule has 0 aliphatic carbocycles. The molecule has 0 amide bonds. The van der Waals surface area contributed by atoms with Crippen molar-refractivity contribution in [1.29, 1.82) is 0 Å². The summed E-state index contributed by atoms with van der Waals surface area (Å²) in [6, 6.07) is 8.00. The molecule has 0 aliphatic heterocycles. The first kappa shape index (κ1) is 10.0. The molecule has 0 saturated carbocycles. The summed E-state index contributed by atoms with van der Waals surface area (Å²) in [5.41, 5.74) is 2.21. The van der Waals surface area contributed by atoms with E-state index >= 15 is 0 Å². The maximum Gasteiger partial charge on any atom is 0.0824 e. The van der Waals surface area contributed by atoms with Gasteiger partial charge in [0.05, 0.1) is 6.10 Å². The highest BCUT2D eigenvalue weighted by atomic mass is 16.3. The Kier molecular flexibility index (Phi) is 3.71. The van der Waals surface area contributed by atoms with E-state index in [-0.39, 0.29) is 6.10 Å². The van der Waals surface area contributed by atoms with Crippen LogP contribution < -0.4 is 0 Å². The van der Waals surface area contributed by atoms with Crippen LogP contribution in [0.15, 0.2) is 36.4 Å². The van der Waals surface area contributed by atoms with Crippen LogP contribution in [-0.4, -0.2) is 5.11 Å². The summed E-state index contributed by atoms with van der Waals surface area (Å²) < 4.78 is 0. The summed E-state index contributed by atoms with van der Waals surface area (Å²) in [5, 5.41) is 9.69. The van der Waals surface area contributed by atoms with E-state index in [1.165, 1.54) is 5.56 Å². The van der Waals surface area contributed by atoms with Gasteiger partial charge in [0.2, 0.25) is 0 Å². The van der Waals surface area contributed by atoms with Crippen LogP contribution >= 0.6 is 0 Å². The van der Waals surface area contributed by atoms with Crippen molar-refractivity contribution in [1.82, 2.24) is 0 Å². The van der Waals surface area contributed by atoms with Gasteiger partial charge in [-0.15, -0.1) is 0 Å². The summed E-state index contributed by atoms with van der Waals surface area (Å²) in [7, 11) is 0. The maximum absolute atomic E-state index is 9.69. The molecule has 0 bridgehead atoms. The third kappa shape index (κ3) is 3.03. The van der Waals surface area contributed by atoms with Gasteiger partial charge >= 0.3 is 0 Å². The lowest BCUT2D eigenvalue weighted by Crippen LogP contribution is -1.94. The minimum atomic E-state index is -0.364. The second-order valence-corrected chi connectivity index (χ2v) is 3.23. The molecule has 70 valence electrons. The van der Waals surface area contributed by atoms with Crippen LogP contribution in [0.4, 0.5) is 0 Å². The molecule has 1 aromatic carbocycles. The van der Waals surface area contributed by atoms with E-state index in [1.807, 2.05) is 50.3 Å². The molecule has 1 unspecified atom stereocenters. The predicted octanol–water partition coefficient (Wildman–Crippen LogP) is 2.99. The van der Waals surface area contributed by atoms with Crippen molar-refractivity contribution in [2.75, 3.05) is 0 Å². The van der Waals surface area contributed by atoms with E-state index in [9.17, 15) is 5.11 Å². The third-order valence-electron chi connectivity index (χ3n) is 2.06. The molecular formula is C12H16O. The van der Waals surface area contributed by atoms with Crippen molar-refractivity contribution in [3.05, 3.63) is 47.5 Å². The minimum absolute atomic E-state index is 0.364. The largest absolute Gasteiger partial charge is 0.388 e. The highest BCUT2D eigenvalue weighted by Gasteiger charge is 2.03. The van der Waals surface area contributed by atoms with Gasteiger partial charge in [0.15, 0.2) is 0 Å². The molecule has 1 atom stereocenters. The molecule has 1 heteroatoms. The Morgan fingerprint density at radius 2 is 1.92 bits per heavy atom. The van der Waals surface area contributed by atoms with Gasteiger partial charge in [-0.05, 0) is 25.8 Å². The first-order valence-corrected chi connectivity index (χ1v) is 4.60. The zero-order chi connectivity index (χ0) is 9.68. The second-order valence-electron chi connectivity index (χ2n) is 3.23. The van der Waals surface area contributed by atoms with Gasteiger partial charge in [0.25, 0.3) is 0 Å². The quantitative estimate of drug-likeness (QED) is 0.702. The number of rotatable bonds is 3. The Bertz CT molecular complexity index is 272. The highest BCUT2D eigenvalue weighted by Crippen LogP contribution is 2.17. The predicted molar refractivity (Wildman–Crippen MR) is 55.6 cm³/mol. The molecule has 0 spiro atoms. The number of hydrogen-bond donors (Lipinski definition) is 1. The first-order valence-electron chi connectivity index (χ1n) is 4.60. The fourth-order valence-electron chi connectivity index (χ4n) is 1.19. The highest BCUT2D eigenvalue weighted by molar-refractivity contribution is 5.23. The number of hydrogen-bond acceptors (Lipinski definition) is 1. The summed E-state index contributed by atoms with van der Waals surface area (Å²) in [5.74, 6) is 0. The molecule has 0 heterocycles. The van der Waals surface area contributed by atoms with Gasteiger partial charge in [-0.3, -0.25) is 0 Å². The lowest BCUT2D eigenvalue weighted by atomic mass is 10.1. The summed E-state index contributed by atoms with van der Waals surface area (Å²) in [6.07, 6.45) is 4.26. The molecule has 1 nitrogen and oxygen atoms in total. The van der Waals surface area contributed by atoms with Gasteiger partial charge in [0.1, 0.15) is 0 Å².